The first-order chi connectivity index (χ1) is 16.6. The van der Waals surface area contributed by atoms with E-state index in [1.165, 1.54) is 6.07 Å². The number of carboxylic acid groups (broad SMARTS) is 1. The molecule has 0 radical (unpaired) electrons. The Hall–Kier alpha value is -3.56. The molecule has 2 amide bonds. The molecule has 0 spiro atoms. The lowest BCUT2D eigenvalue weighted by Crippen LogP contribution is -2.39. The zero-order chi connectivity index (χ0) is 25.2. The lowest BCUT2D eigenvalue weighted by atomic mass is 9.94. The van der Waals surface area contributed by atoms with Crippen LogP contribution in [0.1, 0.15) is 60.0 Å². The van der Waals surface area contributed by atoms with Crippen LogP contribution < -0.4 is 15.5 Å². The number of fused-ring (bicyclic) bond motifs is 1. The number of alkyl halides is 3. The Morgan fingerprint density at radius 1 is 1.03 bits per heavy atom. The van der Waals surface area contributed by atoms with Gasteiger partial charge in [-0.1, -0.05) is 25.3 Å². The van der Waals surface area contributed by atoms with Gasteiger partial charge in [0.15, 0.2) is 0 Å². The maximum Gasteiger partial charge on any atom is 0.416 e. The summed E-state index contributed by atoms with van der Waals surface area (Å²) in [6.45, 7) is -0.502. The molecule has 7 nitrogen and oxygen atoms in total. The first-order valence-corrected chi connectivity index (χ1v) is 11.6. The van der Waals surface area contributed by atoms with Crippen molar-refractivity contribution in [3.63, 3.8) is 0 Å². The summed E-state index contributed by atoms with van der Waals surface area (Å²) in [5.41, 5.74) is 0.823. The number of anilines is 3. The monoisotopic (exact) mass is 489 g/mol. The number of hydrogen-bond acceptors (Lipinski definition) is 4. The Bertz CT molecular complexity index is 1140. The Kier molecular flexibility index (Phi) is 7.00. The van der Waals surface area contributed by atoms with E-state index in [-0.39, 0.29) is 29.6 Å². The number of carboxylic acids is 1. The molecular formula is C25H26F3N3O4. The fourth-order valence-corrected chi connectivity index (χ4v) is 4.63. The van der Waals surface area contributed by atoms with E-state index in [9.17, 15) is 27.6 Å². The van der Waals surface area contributed by atoms with Crippen molar-refractivity contribution in [3.05, 3.63) is 53.1 Å². The predicted octanol–water partition coefficient (Wildman–Crippen LogP) is 5.07. The van der Waals surface area contributed by atoms with Crippen molar-refractivity contribution in [1.82, 2.24) is 0 Å². The molecule has 3 N–H and O–H groups in total. The van der Waals surface area contributed by atoms with Gasteiger partial charge in [-0.15, -0.1) is 0 Å². The Morgan fingerprint density at radius 2 is 1.77 bits per heavy atom. The summed E-state index contributed by atoms with van der Waals surface area (Å²) in [7, 11) is 0. The van der Waals surface area contributed by atoms with Gasteiger partial charge in [-0.2, -0.15) is 13.2 Å². The van der Waals surface area contributed by atoms with Gasteiger partial charge in [-0.25, -0.2) is 0 Å². The summed E-state index contributed by atoms with van der Waals surface area (Å²) >= 11 is 0. The second-order valence-corrected chi connectivity index (χ2v) is 8.91. The van der Waals surface area contributed by atoms with Crippen molar-refractivity contribution in [2.75, 3.05) is 22.1 Å². The number of amides is 2. The van der Waals surface area contributed by atoms with Crippen LogP contribution in [0.15, 0.2) is 36.4 Å². The normalized spacial score (nSPS) is 16.5. The standard InChI is InChI=1S/C25H26F3N3O4/c26-25(27,28)16-8-10-19(20(12-16)29-17-4-2-1-3-5-17)24(35)30-18-9-6-15-7-11-22(32)31(14-23(33)34)21(15)13-18/h6,8-10,12-13,17,29H,1-5,7,11,14H2,(H,30,35)(H,33,34). The van der Waals surface area contributed by atoms with Gasteiger partial charge in [-0.05, 0) is 55.2 Å². The molecule has 0 aromatic heterocycles. The maximum atomic E-state index is 13.3. The fraction of sp³-hybridized carbons (Fsp3) is 0.400. The first-order valence-electron chi connectivity index (χ1n) is 11.6. The predicted molar refractivity (Wildman–Crippen MR) is 125 cm³/mol. The molecule has 10 heteroatoms. The quantitative estimate of drug-likeness (QED) is 0.527. The average Bonchev–Trinajstić information content (AvgIpc) is 2.81. The molecule has 4 rings (SSSR count). The molecule has 1 aliphatic carbocycles. The zero-order valence-corrected chi connectivity index (χ0v) is 19.0. The molecule has 0 unspecified atom stereocenters. The van der Waals surface area contributed by atoms with Crippen molar-refractivity contribution in [2.24, 2.45) is 0 Å². The highest BCUT2D eigenvalue weighted by molar-refractivity contribution is 6.09. The van der Waals surface area contributed by atoms with E-state index in [4.69, 9.17) is 5.11 Å². The van der Waals surface area contributed by atoms with E-state index in [0.717, 1.165) is 60.8 Å². The first kappa shape index (κ1) is 24.6. The van der Waals surface area contributed by atoms with Crippen LogP contribution in [0.2, 0.25) is 0 Å². The number of nitrogens with one attached hydrogen (secondary N) is 2. The largest absolute Gasteiger partial charge is 0.480 e. The van der Waals surface area contributed by atoms with Gasteiger partial charge in [0.25, 0.3) is 5.91 Å². The number of halogens is 3. The summed E-state index contributed by atoms with van der Waals surface area (Å²) in [6, 6.07) is 7.83. The van der Waals surface area contributed by atoms with Gasteiger partial charge in [-0.3, -0.25) is 14.4 Å². The third kappa shape index (κ3) is 5.75. The minimum atomic E-state index is -4.55. The smallest absolute Gasteiger partial charge is 0.416 e. The van der Waals surface area contributed by atoms with Gasteiger partial charge in [0, 0.05) is 29.5 Å². The van der Waals surface area contributed by atoms with Crippen molar-refractivity contribution < 1.29 is 32.7 Å². The molecule has 35 heavy (non-hydrogen) atoms. The van der Waals surface area contributed by atoms with Gasteiger partial charge >= 0.3 is 12.1 Å². The molecule has 0 bridgehead atoms. The summed E-state index contributed by atoms with van der Waals surface area (Å²) in [5.74, 6) is -2.10. The molecule has 1 heterocycles. The van der Waals surface area contributed by atoms with E-state index in [2.05, 4.69) is 10.6 Å². The third-order valence-electron chi connectivity index (χ3n) is 6.39. The summed E-state index contributed by atoms with van der Waals surface area (Å²) in [5, 5.41) is 15.0. The van der Waals surface area contributed by atoms with Crippen LogP contribution in [-0.2, 0) is 22.2 Å². The number of rotatable bonds is 6. The second-order valence-electron chi connectivity index (χ2n) is 8.91. The lowest BCUT2D eigenvalue weighted by Gasteiger charge is -2.28. The summed E-state index contributed by atoms with van der Waals surface area (Å²) in [6.07, 6.45) is 0.744. The summed E-state index contributed by atoms with van der Waals surface area (Å²) < 4.78 is 40.0. The van der Waals surface area contributed by atoms with Crippen LogP contribution in [0.4, 0.5) is 30.2 Å². The number of aryl methyl sites for hydroxylation is 1. The molecule has 2 aromatic rings. The summed E-state index contributed by atoms with van der Waals surface area (Å²) in [4.78, 5) is 37.8. The van der Waals surface area contributed by atoms with Crippen LogP contribution in [0.5, 0.6) is 0 Å². The Labute approximate surface area is 200 Å². The highest BCUT2D eigenvalue weighted by Gasteiger charge is 2.32. The van der Waals surface area contributed by atoms with Crippen LogP contribution in [-0.4, -0.2) is 35.5 Å². The molecule has 0 saturated heterocycles. The van der Waals surface area contributed by atoms with Crippen molar-refractivity contribution in [2.45, 2.75) is 57.2 Å². The highest BCUT2D eigenvalue weighted by Crippen LogP contribution is 2.35. The molecular weight excluding hydrogens is 463 g/mol. The number of carbonyl (C=O) groups excluding carboxylic acids is 2. The molecule has 1 aliphatic heterocycles. The SMILES string of the molecule is O=C(O)CN1C(=O)CCc2ccc(NC(=O)c3ccc(C(F)(F)F)cc3NC3CCCCC3)cc21. The maximum absolute atomic E-state index is 13.3. The molecule has 1 saturated carbocycles. The second kappa shape index (κ2) is 9.97. The van der Waals surface area contributed by atoms with E-state index >= 15 is 0 Å². The molecule has 186 valence electrons. The number of aliphatic carboxylic acids is 1. The van der Waals surface area contributed by atoms with E-state index < -0.39 is 30.2 Å². The highest BCUT2D eigenvalue weighted by atomic mass is 19.4. The third-order valence-corrected chi connectivity index (χ3v) is 6.39. The minimum Gasteiger partial charge on any atom is -0.480 e. The van der Waals surface area contributed by atoms with Crippen LogP contribution in [0.25, 0.3) is 0 Å². The van der Waals surface area contributed by atoms with Gasteiger partial charge < -0.3 is 20.6 Å². The Balaban J connectivity index is 1.61. The molecule has 2 aliphatic rings. The van der Waals surface area contributed by atoms with Crippen molar-refractivity contribution in [1.29, 1.82) is 0 Å². The van der Waals surface area contributed by atoms with E-state index in [0.29, 0.717) is 17.8 Å². The van der Waals surface area contributed by atoms with Crippen molar-refractivity contribution in [3.8, 4) is 0 Å². The fourth-order valence-electron chi connectivity index (χ4n) is 4.63. The van der Waals surface area contributed by atoms with Gasteiger partial charge in [0.05, 0.1) is 11.1 Å². The molecule has 1 fully saturated rings. The number of nitrogens with zero attached hydrogens (tertiary/aromatic N) is 1. The number of hydrogen-bond donors (Lipinski definition) is 3. The number of carbonyl (C=O) groups is 3. The van der Waals surface area contributed by atoms with E-state index in [1.807, 2.05) is 0 Å². The molecule has 0 atom stereocenters. The van der Waals surface area contributed by atoms with Crippen LogP contribution >= 0.6 is 0 Å². The molecule has 2 aromatic carbocycles. The van der Waals surface area contributed by atoms with Crippen LogP contribution in [0, 0.1) is 0 Å². The topological polar surface area (TPSA) is 98.7 Å². The van der Waals surface area contributed by atoms with E-state index in [1.54, 1.807) is 12.1 Å². The zero-order valence-electron chi connectivity index (χ0n) is 19.0. The number of benzene rings is 2. The lowest BCUT2D eigenvalue weighted by molar-refractivity contribution is -0.138. The van der Waals surface area contributed by atoms with Gasteiger partial charge in [0.2, 0.25) is 5.91 Å². The minimum absolute atomic E-state index is 0.0156. The van der Waals surface area contributed by atoms with Crippen molar-refractivity contribution >= 4 is 34.8 Å². The van der Waals surface area contributed by atoms with Crippen LogP contribution in [0.3, 0.4) is 0 Å². The average molecular weight is 489 g/mol. The Morgan fingerprint density at radius 3 is 2.46 bits per heavy atom. The van der Waals surface area contributed by atoms with Gasteiger partial charge in [0.1, 0.15) is 6.54 Å².